The molecule has 1 atom stereocenters. The van der Waals surface area contributed by atoms with Crippen LogP contribution in [0.1, 0.15) is 77.4 Å². The maximum Gasteiger partial charge on any atom is 0.322 e. The molecular weight excluding hydrogens is 536 g/mol. The highest BCUT2D eigenvalue weighted by Crippen LogP contribution is 2.46. The van der Waals surface area contributed by atoms with Gasteiger partial charge in [0.25, 0.3) is 0 Å². The number of benzene rings is 2. The summed E-state index contributed by atoms with van der Waals surface area (Å²) < 4.78 is 38.0. The van der Waals surface area contributed by atoms with Crippen LogP contribution >= 0.6 is 0 Å². The molecule has 0 bridgehead atoms. The average Bonchev–Trinajstić information content (AvgIpc) is 3.34. The van der Waals surface area contributed by atoms with Crippen LogP contribution in [0.3, 0.4) is 0 Å². The summed E-state index contributed by atoms with van der Waals surface area (Å²) in [6.07, 6.45) is 2.09. The summed E-state index contributed by atoms with van der Waals surface area (Å²) in [6, 6.07) is 13.3. The van der Waals surface area contributed by atoms with Gasteiger partial charge >= 0.3 is 6.01 Å². The summed E-state index contributed by atoms with van der Waals surface area (Å²) in [6.45, 7) is 17.1. The average molecular weight is 581 g/mol. The van der Waals surface area contributed by atoms with Crippen molar-refractivity contribution in [2.75, 3.05) is 38.1 Å². The lowest BCUT2D eigenvalue weighted by Crippen LogP contribution is -2.44. The Kier molecular flexibility index (Phi) is 7.95. The Morgan fingerprint density at radius 1 is 0.951 bits per heavy atom. The molecule has 1 saturated heterocycles. The second-order valence-corrected chi connectivity index (χ2v) is 14.5. The highest BCUT2D eigenvalue weighted by Gasteiger charge is 2.38. The van der Waals surface area contributed by atoms with E-state index in [1.807, 2.05) is 41.8 Å². The number of nitrogens with one attached hydrogen (secondary N) is 1. The number of likely N-dealkylation sites (N-methyl/N-ethyl adjacent to an activating group) is 1. The SMILES string of the molecule is CCn1c(Oc2cccc(N3CCN(C)CC3)c2)nnc1[C@@H](C)NS(=O)(=O)c1ccc2c(c1)C(C)(C)CCC2(C)C. The van der Waals surface area contributed by atoms with Crippen LogP contribution in [0.15, 0.2) is 47.4 Å². The zero-order valence-corrected chi connectivity index (χ0v) is 26.3. The number of rotatable bonds is 8. The predicted molar refractivity (Wildman–Crippen MR) is 162 cm³/mol. The second-order valence-electron chi connectivity index (χ2n) is 12.8. The first kappa shape index (κ1) is 29.5. The van der Waals surface area contributed by atoms with Gasteiger partial charge in [-0.15, -0.1) is 5.10 Å². The Balaban J connectivity index is 1.35. The number of ether oxygens (including phenoxy) is 1. The lowest BCUT2D eigenvalue weighted by atomic mass is 9.63. The van der Waals surface area contributed by atoms with Crippen molar-refractivity contribution in [3.8, 4) is 11.8 Å². The Morgan fingerprint density at radius 2 is 1.63 bits per heavy atom. The largest absolute Gasteiger partial charge is 0.424 e. The molecule has 1 aliphatic carbocycles. The number of hydrogen-bond acceptors (Lipinski definition) is 7. The second kappa shape index (κ2) is 11.0. The molecule has 1 N–H and O–H groups in total. The molecule has 1 aromatic heterocycles. The van der Waals surface area contributed by atoms with Gasteiger partial charge in [-0.25, -0.2) is 13.1 Å². The molecule has 3 aromatic rings. The van der Waals surface area contributed by atoms with Gasteiger partial charge in [0, 0.05) is 44.5 Å². The van der Waals surface area contributed by atoms with E-state index in [2.05, 4.69) is 65.5 Å². The lowest BCUT2D eigenvalue weighted by Gasteiger charge is -2.42. The molecule has 1 aliphatic heterocycles. The molecule has 2 heterocycles. The third kappa shape index (κ3) is 6.01. The van der Waals surface area contributed by atoms with Crippen molar-refractivity contribution in [3.63, 3.8) is 0 Å². The van der Waals surface area contributed by atoms with Crippen molar-refractivity contribution >= 4 is 15.7 Å². The Morgan fingerprint density at radius 3 is 2.32 bits per heavy atom. The monoisotopic (exact) mass is 580 g/mol. The van der Waals surface area contributed by atoms with Crippen molar-refractivity contribution < 1.29 is 13.2 Å². The van der Waals surface area contributed by atoms with Crippen LogP contribution in [-0.2, 0) is 27.4 Å². The van der Waals surface area contributed by atoms with Crippen molar-refractivity contribution in [2.45, 2.75) is 82.7 Å². The summed E-state index contributed by atoms with van der Waals surface area (Å²) in [5, 5.41) is 8.63. The quantitative estimate of drug-likeness (QED) is 0.390. The van der Waals surface area contributed by atoms with Gasteiger partial charge in [-0.05, 0) is 80.0 Å². The standard InChI is InChI=1S/C31H44N6O3S/c1-8-37-28(32-33-29(37)40-24-11-9-10-23(20-24)36-18-16-35(7)17-19-36)22(2)34-41(38,39)25-12-13-26-27(21-25)31(5,6)15-14-30(26,3)4/h9-13,20-22,34H,8,14-19H2,1-7H3/t22-/m1/s1. The molecule has 0 radical (unpaired) electrons. The maximum atomic E-state index is 13.6. The fourth-order valence-corrected chi connectivity index (χ4v) is 7.22. The van der Waals surface area contributed by atoms with Crippen molar-refractivity contribution in [3.05, 3.63) is 59.4 Å². The van der Waals surface area contributed by atoms with E-state index in [9.17, 15) is 8.42 Å². The molecule has 0 saturated carbocycles. The van der Waals surface area contributed by atoms with E-state index in [1.165, 1.54) is 5.56 Å². The van der Waals surface area contributed by atoms with Crippen LogP contribution in [0.4, 0.5) is 5.69 Å². The van der Waals surface area contributed by atoms with Gasteiger partial charge < -0.3 is 14.5 Å². The van der Waals surface area contributed by atoms with E-state index >= 15 is 0 Å². The first-order valence-corrected chi connectivity index (χ1v) is 16.1. The van der Waals surface area contributed by atoms with Crippen LogP contribution in [-0.4, -0.2) is 61.3 Å². The van der Waals surface area contributed by atoms with Gasteiger partial charge in [0.15, 0.2) is 5.82 Å². The fraction of sp³-hybridized carbons (Fsp3) is 0.548. The maximum absolute atomic E-state index is 13.6. The third-order valence-corrected chi connectivity index (χ3v) is 10.3. The molecule has 0 unspecified atom stereocenters. The molecular formula is C31H44N6O3S. The number of piperazine rings is 1. The van der Waals surface area contributed by atoms with Gasteiger partial charge in [-0.3, -0.25) is 4.57 Å². The van der Waals surface area contributed by atoms with Gasteiger partial charge in [0.05, 0.1) is 10.9 Å². The number of hydrogen-bond donors (Lipinski definition) is 1. The van der Waals surface area contributed by atoms with E-state index in [0.717, 1.165) is 50.3 Å². The highest BCUT2D eigenvalue weighted by atomic mass is 32.2. The van der Waals surface area contributed by atoms with Crippen molar-refractivity contribution in [1.82, 2.24) is 24.4 Å². The van der Waals surface area contributed by atoms with Crippen molar-refractivity contribution in [1.29, 1.82) is 0 Å². The number of nitrogens with zero attached hydrogens (tertiary/aromatic N) is 5. The van der Waals surface area contributed by atoms with E-state index in [0.29, 0.717) is 24.1 Å². The summed E-state index contributed by atoms with van der Waals surface area (Å²) in [5.74, 6) is 1.17. The molecule has 10 heteroatoms. The number of sulfonamides is 1. The van der Waals surface area contributed by atoms with Crippen LogP contribution in [0.25, 0.3) is 0 Å². The van der Waals surface area contributed by atoms with Crippen LogP contribution < -0.4 is 14.4 Å². The van der Waals surface area contributed by atoms with E-state index in [-0.39, 0.29) is 15.7 Å². The van der Waals surface area contributed by atoms with E-state index in [1.54, 1.807) is 13.0 Å². The third-order valence-electron chi connectivity index (χ3n) is 8.81. The molecule has 2 aromatic carbocycles. The zero-order chi connectivity index (χ0) is 29.6. The number of fused-ring (bicyclic) bond motifs is 1. The molecule has 5 rings (SSSR count). The summed E-state index contributed by atoms with van der Waals surface area (Å²) in [7, 11) is -1.67. The van der Waals surface area contributed by atoms with Gasteiger partial charge in [0.1, 0.15) is 5.75 Å². The van der Waals surface area contributed by atoms with E-state index in [4.69, 9.17) is 4.74 Å². The van der Waals surface area contributed by atoms with Gasteiger partial charge in [-0.1, -0.05) is 44.9 Å². The molecule has 222 valence electrons. The lowest BCUT2D eigenvalue weighted by molar-refractivity contribution is 0.312. The summed E-state index contributed by atoms with van der Waals surface area (Å²) in [5.41, 5.74) is 3.38. The Hall–Kier alpha value is -2.95. The first-order valence-electron chi connectivity index (χ1n) is 14.6. The minimum absolute atomic E-state index is 0.0197. The minimum Gasteiger partial charge on any atom is -0.424 e. The summed E-state index contributed by atoms with van der Waals surface area (Å²) >= 11 is 0. The van der Waals surface area contributed by atoms with E-state index < -0.39 is 16.1 Å². The molecule has 0 amide bonds. The zero-order valence-electron chi connectivity index (χ0n) is 25.4. The number of aromatic nitrogens is 3. The Labute approximate surface area is 245 Å². The molecule has 1 fully saturated rings. The fourth-order valence-electron chi connectivity index (χ4n) is 6.00. The topological polar surface area (TPSA) is 92.6 Å². The highest BCUT2D eigenvalue weighted by molar-refractivity contribution is 7.89. The minimum atomic E-state index is -3.81. The molecule has 0 spiro atoms. The van der Waals surface area contributed by atoms with Gasteiger partial charge in [0.2, 0.25) is 10.0 Å². The van der Waals surface area contributed by atoms with Crippen LogP contribution in [0.5, 0.6) is 11.8 Å². The van der Waals surface area contributed by atoms with Gasteiger partial charge in [-0.2, -0.15) is 0 Å². The normalized spacial score (nSPS) is 19.5. The first-order chi connectivity index (χ1) is 19.3. The molecule has 9 nitrogen and oxygen atoms in total. The molecule has 2 aliphatic rings. The number of anilines is 1. The summed E-state index contributed by atoms with van der Waals surface area (Å²) in [4.78, 5) is 4.95. The van der Waals surface area contributed by atoms with Crippen LogP contribution in [0, 0.1) is 0 Å². The van der Waals surface area contributed by atoms with Crippen LogP contribution in [0.2, 0.25) is 0 Å². The predicted octanol–water partition coefficient (Wildman–Crippen LogP) is 5.23. The smallest absolute Gasteiger partial charge is 0.322 e. The molecule has 41 heavy (non-hydrogen) atoms. The van der Waals surface area contributed by atoms with Crippen molar-refractivity contribution in [2.24, 2.45) is 0 Å². The Bertz CT molecular complexity index is 1510.